The minimum absolute atomic E-state index is 0.286. The van der Waals surface area contributed by atoms with E-state index in [1.165, 1.54) is 0 Å². The predicted molar refractivity (Wildman–Crippen MR) is 66.7 cm³/mol. The fraction of sp³-hybridized carbons (Fsp3) is 0.300. The number of carbonyl (C=O) groups is 1. The Bertz CT molecular complexity index is 626. The first-order chi connectivity index (χ1) is 9.35. The summed E-state index contributed by atoms with van der Waals surface area (Å²) < 4.78 is 30.3. The smallest absolute Gasteiger partial charge is 0.346 e. The summed E-state index contributed by atoms with van der Waals surface area (Å²) in [5, 5.41) is 19.5. The van der Waals surface area contributed by atoms with Crippen molar-refractivity contribution in [1.82, 2.24) is 4.72 Å². The van der Waals surface area contributed by atoms with E-state index in [4.69, 9.17) is 5.11 Å². The van der Waals surface area contributed by atoms with Crippen LogP contribution in [0.3, 0.4) is 0 Å². The Hall–Kier alpha value is -2.04. The van der Waals surface area contributed by atoms with Gasteiger partial charge in [-0.15, -0.1) is 0 Å². The lowest BCUT2D eigenvalue weighted by Crippen LogP contribution is -2.28. The Kier molecular flexibility index (Phi) is 5.13. The molecular formula is C10H12N2O7S. The van der Waals surface area contributed by atoms with Crippen molar-refractivity contribution in [3.05, 3.63) is 33.9 Å². The summed E-state index contributed by atoms with van der Waals surface area (Å²) >= 11 is 0. The number of methoxy groups -OCH3 is 1. The molecule has 0 spiro atoms. The van der Waals surface area contributed by atoms with Gasteiger partial charge in [-0.3, -0.25) is 10.1 Å². The largest absolute Gasteiger partial charge is 0.465 e. The van der Waals surface area contributed by atoms with E-state index in [0.717, 1.165) is 25.3 Å². The van der Waals surface area contributed by atoms with E-state index in [1.807, 2.05) is 4.72 Å². The number of nitrogens with one attached hydrogen (secondary N) is 1. The zero-order valence-electron chi connectivity index (χ0n) is 10.4. The summed E-state index contributed by atoms with van der Waals surface area (Å²) in [6.45, 7) is -0.743. The summed E-state index contributed by atoms with van der Waals surface area (Å²) in [6, 6.07) is 3.17. The summed E-state index contributed by atoms with van der Waals surface area (Å²) in [6.07, 6.45) is 0. The average molecular weight is 304 g/mol. The van der Waals surface area contributed by atoms with Crippen molar-refractivity contribution < 1.29 is 28.0 Å². The van der Waals surface area contributed by atoms with E-state index < -0.39 is 43.7 Å². The van der Waals surface area contributed by atoms with Gasteiger partial charge in [0.05, 0.1) is 18.6 Å². The van der Waals surface area contributed by atoms with Gasteiger partial charge in [-0.05, 0) is 6.07 Å². The van der Waals surface area contributed by atoms with Crippen LogP contribution in [0.1, 0.15) is 10.4 Å². The van der Waals surface area contributed by atoms with Gasteiger partial charge in [-0.1, -0.05) is 6.07 Å². The number of aliphatic hydroxyl groups is 1. The Morgan fingerprint density at radius 2 is 2.15 bits per heavy atom. The van der Waals surface area contributed by atoms with Crippen molar-refractivity contribution in [2.24, 2.45) is 0 Å². The van der Waals surface area contributed by atoms with Crippen molar-refractivity contribution in [3.8, 4) is 0 Å². The molecule has 0 fully saturated rings. The molecule has 20 heavy (non-hydrogen) atoms. The number of aliphatic hydroxyl groups excluding tert-OH is 1. The number of sulfonamides is 1. The van der Waals surface area contributed by atoms with Crippen molar-refractivity contribution in [3.63, 3.8) is 0 Å². The van der Waals surface area contributed by atoms with E-state index in [-0.39, 0.29) is 6.54 Å². The monoisotopic (exact) mass is 304 g/mol. The topological polar surface area (TPSA) is 136 Å². The minimum atomic E-state index is -4.18. The Labute approximate surface area is 114 Å². The number of hydrogen-bond acceptors (Lipinski definition) is 7. The van der Waals surface area contributed by atoms with Crippen molar-refractivity contribution in [2.45, 2.75) is 4.90 Å². The lowest BCUT2D eigenvalue weighted by atomic mass is 10.2. The molecule has 9 nitrogen and oxygen atoms in total. The number of hydrogen-bond donors (Lipinski definition) is 2. The lowest BCUT2D eigenvalue weighted by molar-refractivity contribution is -0.385. The predicted octanol–water partition coefficient (Wildman–Crippen LogP) is -0.348. The molecule has 0 aliphatic rings. The lowest BCUT2D eigenvalue weighted by Gasteiger charge is -2.09. The van der Waals surface area contributed by atoms with E-state index in [0.29, 0.717) is 0 Å². The zero-order chi connectivity index (χ0) is 15.3. The van der Waals surface area contributed by atoms with E-state index in [9.17, 15) is 23.3 Å². The Morgan fingerprint density at radius 1 is 1.50 bits per heavy atom. The molecule has 1 rings (SSSR count). The maximum absolute atomic E-state index is 12.0. The first-order valence-electron chi connectivity index (χ1n) is 5.31. The fourth-order valence-electron chi connectivity index (χ4n) is 1.46. The summed E-state index contributed by atoms with van der Waals surface area (Å²) in [7, 11) is -3.20. The van der Waals surface area contributed by atoms with E-state index in [2.05, 4.69) is 4.74 Å². The quantitative estimate of drug-likeness (QED) is 0.416. The molecule has 110 valence electrons. The van der Waals surface area contributed by atoms with E-state index in [1.54, 1.807) is 0 Å². The Morgan fingerprint density at radius 3 is 2.65 bits per heavy atom. The third kappa shape index (κ3) is 3.29. The summed E-state index contributed by atoms with van der Waals surface area (Å²) in [5.41, 5.74) is -1.34. The van der Waals surface area contributed by atoms with Crippen LogP contribution < -0.4 is 4.72 Å². The highest BCUT2D eigenvalue weighted by atomic mass is 32.2. The highest BCUT2D eigenvalue weighted by Gasteiger charge is 2.30. The van der Waals surface area contributed by atoms with Crippen LogP contribution in [0.5, 0.6) is 0 Å². The molecule has 1 aromatic carbocycles. The second-order valence-corrected chi connectivity index (χ2v) is 5.26. The molecule has 0 saturated carbocycles. The van der Waals surface area contributed by atoms with Gasteiger partial charge < -0.3 is 9.84 Å². The van der Waals surface area contributed by atoms with Gasteiger partial charge in [-0.25, -0.2) is 17.9 Å². The maximum atomic E-state index is 12.0. The third-order valence-electron chi connectivity index (χ3n) is 2.28. The van der Waals surface area contributed by atoms with Crippen LogP contribution >= 0.6 is 0 Å². The summed E-state index contributed by atoms with van der Waals surface area (Å²) in [5.74, 6) is -1.14. The van der Waals surface area contributed by atoms with Gasteiger partial charge in [0.2, 0.25) is 10.0 Å². The number of esters is 1. The van der Waals surface area contributed by atoms with Crippen LogP contribution in [0.25, 0.3) is 0 Å². The maximum Gasteiger partial charge on any atom is 0.346 e. The number of nitro groups is 1. The van der Waals surface area contributed by atoms with Gasteiger partial charge in [0.25, 0.3) is 5.69 Å². The van der Waals surface area contributed by atoms with Crippen molar-refractivity contribution >= 4 is 21.7 Å². The van der Waals surface area contributed by atoms with Gasteiger partial charge in [0, 0.05) is 12.6 Å². The highest BCUT2D eigenvalue weighted by Crippen LogP contribution is 2.26. The van der Waals surface area contributed by atoms with Crippen LogP contribution in [0.15, 0.2) is 23.1 Å². The normalized spacial score (nSPS) is 11.1. The van der Waals surface area contributed by atoms with Crippen LogP contribution in [-0.2, 0) is 14.8 Å². The van der Waals surface area contributed by atoms with Crippen LogP contribution in [0.2, 0.25) is 0 Å². The standard InChI is InChI=1S/C10H12N2O7S/c1-19-10(14)9-7(12(15)16)3-2-4-8(9)20(17,18)11-5-6-13/h2-4,11,13H,5-6H2,1H3. The molecule has 0 unspecified atom stereocenters. The number of carbonyl (C=O) groups excluding carboxylic acids is 1. The molecule has 0 heterocycles. The number of nitro benzene ring substituents is 1. The number of rotatable bonds is 6. The second-order valence-electron chi connectivity index (χ2n) is 3.52. The average Bonchev–Trinajstić information content (AvgIpc) is 2.43. The molecule has 2 N–H and O–H groups in total. The molecule has 10 heteroatoms. The number of benzene rings is 1. The van der Waals surface area contributed by atoms with E-state index >= 15 is 0 Å². The molecule has 0 radical (unpaired) electrons. The second kappa shape index (κ2) is 6.41. The van der Waals surface area contributed by atoms with Gasteiger partial charge >= 0.3 is 5.97 Å². The molecule has 0 aromatic heterocycles. The minimum Gasteiger partial charge on any atom is -0.465 e. The first-order valence-corrected chi connectivity index (χ1v) is 6.79. The summed E-state index contributed by atoms with van der Waals surface area (Å²) in [4.78, 5) is 21.0. The van der Waals surface area contributed by atoms with Crippen molar-refractivity contribution in [1.29, 1.82) is 0 Å². The molecule has 0 aliphatic carbocycles. The molecule has 0 amide bonds. The molecule has 0 aliphatic heterocycles. The molecule has 0 saturated heterocycles. The van der Waals surface area contributed by atoms with Crippen LogP contribution in [0, 0.1) is 10.1 Å². The molecule has 0 atom stereocenters. The van der Waals surface area contributed by atoms with Crippen molar-refractivity contribution in [2.75, 3.05) is 20.3 Å². The third-order valence-corrected chi connectivity index (χ3v) is 3.79. The van der Waals surface area contributed by atoms with Gasteiger partial charge in [-0.2, -0.15) is 0 Å². The van der Waals surface area contributed by atoms with Crippen LogP contribution in [0.4, 0.5) is 5.69 Å². The highest BCUT2D eigenvalue weighted by molar-refractivity contribution is 7.89. The fourth-order valence-corrected chi connectivity index (χ4v) is 2.69. The number of ether oxygens (including phenoxy) is 1. The SMILES string of the molecule is COC(=O)c1c([N+](=O)[O-])cccc1S(=O)(=O)NCCO. The zero-order valence-corrected chi connectivity index (χ0v) is 11.2. The first kappa shape index (κ1) is 16.0. The van der Waals surface area contributed by atoms with Gasteiger partial charge in [0.15, 0.2) is 5.56 Å². The molecule has 1 aromatic rings. The Balaban J connectivity index is 3.51. The van der Waals surface area contributed by atoms with Crippen LogP contribution in [-0.4, -0.2) is 44.7 Å². The molecule has 0 bridgehead atoms. The molecular weight excluding hydrogens is 292 g/mol. The van der Waals surface area contributed by atoms with Gasteiger partial charge in [0.1, 0.15) is 4.90 Å². The number of nitrogens with zero attached hydrogens (tertiary/aromatic N) is 1.